The predicted molar refractivity (Wildman–Crippen MR) is 141 cm³/mol. The first-order valence-electron chi connectivity index (χ1n) is 11.7. The van der Waals surface area contributed by atoms with E-state index >= 15 is 0 Å². The fourth-order valence-electron chi connectivity index (χ4n) is 4.24. The standard InChI is InChI=1S/C29H29ClN2O4/c1-19-5-4-6-20(17-19)18-36-24-13-9-22(10-14-24)27(33)25-26(21-7-11-23(30)12-8-21)32(16-15-31(2)3)29(35)28(25)34/h4-14,17,26,33H,15-16,18H2,1-3H3/t26-/m1/s1. The zero-order valence-electron chi connectivity index (χ0n) is 20.6. The number of aliphatic hydroxyl groups is 1. The van der Waals surface area contributed by atoms with E-state index in [0.29, 0.717) is 41.6 Å². The first kappa shape index (κ1) is 25.5. The molecule has 1 fully saturated rings. The number of rotatable bonds is 8. The molecule has 6 nitrogen and oxygen atoms in total. The Morgan fingerprint density at radius 1 is 1.03 bits per heavy atom. The Kier molecular flexibility index (Phi) is 7.77. The number of likely N-dealkylation sites (N-methyl/N-ethyl adjacent to an activating group) is 1. The smallest absolute Gasteiger partial charge is 0.295 e. The Balaban J connectivity index is 1.64. The Labute approximate surface area is 216 Å². The number of benzene rings is 3. The summed E-state index contributed by atoms with van der Waals surface area (Å²) in [4.78, 5) is 29.5. The van der Waals surface area contributed by atoms with Crippen LogP contribution < -0.4 is 4.74 Å². The molecule has 1 saturated heterocycles. The van der Waals surface area contributed by atoms with E-state index in [0.717, 1.165) is 11.1 Å². The summed E-state index contributed by atoms with van der Waals surface area (Å²) in [6, 6.07) is 21.2. The summed E-state index contributed by atoms with van der Waals surface area (Å²) in [5.74, 6) is -0.915. The maximum atomic E-state index is 13.1. The summed E-state index contributed by atoms with van der Waals surface area (Å²) in [7, 11) is 3.80. The number of aryl methyl sites for hydroxylation is 1. The zero-order valence-corrected chi connectivity index (χ0v) is 21.3. The molecule has 0 radical (unpaired) electrons. The molecule has 0 saturated carbocycles. The molecule has 7 heteroatoms. The van der Waals surface area contributed by atoms with Crippen molar-refractivity contribution in [2.45, 2.75) is 19.6 Å². The molecule has 1 amide bonds. The maximum Gasteiger partial charge on any atom is 0.295 e. The van der Waals surface area contributed by atoms with Crippen molar-refractivity contribution in [2.75, 3.05) is 27.2 Å². The van der Waals surface area contributed by atoms with Gasteiger partial charge in [-0.1, -0.05) is 53.6 Å². The molecule has 0 bridgehead atoms. The van der Waals surface area contributed by atoms with E-state index < -0.39 is 17.7 Å². The van der Waals surface area contributed by atoms with Gasteiger partial charge in [-0.05, 0) is 68.5 Å². The molecule has 0 aromatic heterocycles. The molecule has 1 atom stereocenters. The number of aliphatic hydroxyl groups excluding tert-OH is 1. The monoisotopic (exact) mass is 504 g/mol. The number of carbonyl (C=O) groups excluding carboxylic acids is 2. The van der Waals surface area contributed by atoms with Crippen LogP contribution in [0.1, 0.15) is 28.3 Å². The lowest BCUT2D eigenvalue weighted by atomic mass is 9.95. The molecule has 1 aliphatic heterocycles. The van der Waals surface area contributed by atoms with Gasteiger partial charge in [0.1, 0.15) is 18.1 Å². The van der Waals surface area contributed by atoms with Gasteiger partial charge in [0.2, 0.25) is 0 Å². The number of carbonyl (C=O) groups is 2. The van der Waals surface area contributed by atoms with E-state index in [2.05, 4.69) is 6.07 Å². The molecule has 0 unspecified atom stereocenters. The van der Waals surface area contributed by atoms with Gasteiger partial charge < -0.3 is 19.6 Å². The van der Waals surface area contributed by atoms with Gasteiger partial charge in [-0.15, -0.1) is 0 Å². The highest BCUT2D eigenvalue weighted by molar-refractivity contribution is 6.46. The van der Waals surface area contributed by atoms with Gasteiger partial charge in [-0.25, -0.2) is 0 Å². The van der Waals surface area contributed by atoms with Gasteiger partial charge in [0.05, 0.1) is 11.6 Å². The summed E-state index contributed by atoms with van der Waals surface area (Å²) in [5.41, 5.74) is 3.42. The van der Waals surface area contributed by atoms with Crippen molar-refractivity contribution in [3.8, 4) is 5.75 Å². The van der Waals surface area contributed by atoms with Gasteiger partial charge >= 0.3 is 0 Å². The Hall–Kier alpha value is -3.61. The van der Waals surface area contributed by atoms with Crippen LogP contribution in [0.3, 0.4) is 0 Å². The van der Waals surface area contributed by atoms with Crippen molar-refractivity contribution < 1.29 is 19.4 Å². The number of hydrogen-bond acceptors (Lipinski definition) is 5. The van der Waals surface area contributed by atoms with Crippen LogP contribution in [0.25, 0.3) is 5.76 Å². The maximum absolute atomic E-state index is 13.1. The lowest BCUT2D eigenvalue weighted by Gasteiger charge is -2.26. The van der Waals surface area contributed by atoms with Gasteiger partial charge in [0, 0.05) is 23.7 Å². The number of nitrogens with zero attached hydrogens (tertiary/aromatic N) is 2. The fourth-order valence-corrected chi connectivity index (χ4v) is 4.37. The lowest BCUT2D eigenvalue weighted by molar-refractivity contribution is -0.140. The number of ether oxygens (including phenoxy) is 1. The summed E-state index contributed by atoms with van der Waals surface area (Å²) >= 11 is 6.07. The summed E-state index contributed by atoms with van der Waals surface area (Å²) in [5, 5.41) is 11.8. The Bertz CT molecular complexity index is 1280. The topological polar surface area (TPSA) is 70.1 Å². The minimum atomic E-state index is -0.709. The normalized spacial score (nSPS) is 17.1. The molecule has 1 N–H and O–H groups in total. The van der Waals surface area contributed by atoms with Crippen LogP contribution in [0.2, 0.25) is 5.02 Å². The van der Waals surface area contributed by atoms with Crippen molar-refractivity contribution in [3.63, 3.8) is 0 Å². The first-order chi connectivity index (χ1) is 17.2. The minimum absolute atomic E-state index is 0.0644. The molecule has 186 valence electrons. The quantitative estimate of drug-likeness (QED) is 0.259. The van der Waals surface area contributed by atoms with Crippen LogP contribution in [-0.2, 0) is 16.2 Å². The van der Waals surface area contributed by atoms with Crippen LogP contribution in [0, 0.1) is 6.92 Å². The van der Waals surface area contributed by atoms with Crippen molar-refractivity contribution in [3.05, 3.63) is 106 Å². The minimum Gasteiger partial charge on any atom is -0.507 e. The van der Waals surface area contributed by atoms with E-state index in [-0.39, 0.29) is 11.3 Å². The molecule has 1 heterocycles. The number of amides is 1. The van der Waals surface area contributed by atoms with E-state index in [1.807, 2.05) is 44.1 Å². The van der Waals surface area contributed by atoms with Crippen molar-refractivity contribution >= 4 is 29.1 Å². The van der Waals surface area contributed by atoms with Gasteiger partial charge in [0.25, 0.3) is 11.7 Å². The lowest BCUT2D eigenvalue weighted by Crippen LogP contribution is -2.35. The Morgan fingerprint density at radius 2 is 1.72 bits per heavy atom. The summed E-state index contributed by atoms with van der Waals surface area (Å²) < 4.78 is 5.87. The molecular weight excluding hydrogens is 476 g/mol. The molecule has 3 aromatic carbocycles. The van der Waals surface area contributed by atoms with Crippen molar-refractivity contribution in [2.24, 2.45) is 0 Å². The summed E-state index contributed by atoms with van der Waals surface area (Å²) in [6.45, 7) is 3.36. The average molecular weight is 505 g/mol. The van der Waals surface area contributed by atoms with Crippen LogP contribution in [-0.4, -0.2) is 53.8 Å². The molecule has 36 heavy (non-hydrogen) atoms. The molecule has 1 aliphatic rings. The van der Waals surface area contributed by atoms with Crippen LogP contribution in [0.15, 0.2) is 78.4 Å². The van der Waals surface area contributed by atoms with Gasteiger partial charge in [0.15, 0.2) is 0 Å². The third-order valence-corrected chi connectivity index (χ3v) is 6.38. The molecule has 0 aliphatic carbocycles. The second-order valence-corrected chi connectivity index (χ2v) is 9.59. The third-order valence-electron chi connectivity index (χ3n) is 6.13. The van der Waals surface area contributed by atoms with Crippen LogP contribution in [0.5, 0.6) is 5.75 Å². The van der Waals surface area contributed by atoms with Crippen LogP contribution >= 0.6 is 11.6 Å². The van der Waals surface area contributed by atoms with Gasteiger partial charge in [-0.2, -0.15) is 0 Å². The molecule has 0 spiro atoms. The molecular formula is C29H29ClN2O4. The first-order valence-corrected chi connectivity index (χ1v) is 12.1. The number of ketones is 1. The zero-order chi connectivity index (χ0) is 25.8. The number of hydrogen-bond donors (Lipinski definition) is 1. The highest BCUT2D eigenvalue weighted by atomic mass is 35.5. The fraction of sp³-hybridized carbons (Fsp3) is 0.241. The number of halogens is 1. The molecule has 3 aromatic rings. The molecule has 4 rings (SSSR count). The highest BCUT2D eigenvalue weighted by Crippen LogP contribution is 2.39. The van der Waals surface area contributed by atoms with Crippen molar-refractivity contribution in [1.29, 1.82) is 0 Å². The van der Waals surface area contributed by atoms with E-state index in [1.54, 1.807) is 48.5 Å². The van der Waals surface area contributed by atoms with E-state index in [9.17, 15) is 14.7 Å². The van der Waals surface area contributed by atoms with Gasteiger partial charge in [-0.3, -0.25) is 9.59 Å². The van der Waals surface area contributed by atoms with Crippen LogP contribution in [0.4, 0.5) is 0 Å². The van der Waals surface area contributed by atoms with E-state index in [4.69, 9.17) is 16.3 Å². The number of Topliss-reactive ketones (excluding diaryl/α,β-unsaturated/α-hetero) is 1. The third kappa shape index (κ3) is 5.61. The second-order valence-electron chi connectivity index (χ2n) is 9.15. The van der Waals surface area contributed by atoms with Crippen molar-refractivity contribution in [1.82, 2.24) is 9.80 Å². The largest absolute Gasteiger partial charge is 0.507 e. The average Bonchev–Trinajstić information content (AvgIpc) is 3.11. The highest BCUT2D eigenvalue weighted by Gasteiger charge is 2.45. The second kappa shape index (κ2) is 11.0. The SMILES string of the molecule is Cc1cccc(COc2ccc(C(O)=C3C(=O)C(=O)N(CCN(C)C)[C@@H]3c3ccc(Cl)cc3)cc2)c1. The predicted octanol–water partition coefficient (Wildman–Crippen LogP) is 5.21. The Morgan fingerprint density at radius 3 is 2.36 bits per heavy atom. The van der Waals surface area contributed by atoms with E-state index in [1.165, 1.54) is 4.90 Å². The summed E-state index contributed by atoms with van der Waals surface area (Å²) in [6.07, 6.45) is 0. The number of likely N-dealkylation sites (tertiary alicyclic amines) is 1.